The van der Waals surface area contributed by atoms with Crippen LogP contribution in [0.15, 0.2) is 18.2 Å². The zero-order valence-corrected chi connectivity index (χ0v) is 13.0. The summed E-state index contributed by atoms with van der Waals surface area (Å²) in [5.41, 5.74) is 4.32. The van der Waals surface area contributed by atoms with Gasteiger partial charge in [0.2, 0.25) is 0 Å². The molecule has 1 rings (SSSR count). The first kappa shape index (κ1) is 14.7. The topological polar surface area (TPSA) is 18.5 Å². The van der Waals surface area contributed by atoms with Crippen molar-refractivity contribution in [3.8, 4) is 23.0 Å². The highest BCUT2D eigenvalue weighted by molar-refractivity contribution is 6.83. The number of hydrogen-bond acceptors (Lipinski definition) is 2. The highest BCUT2D eigenvalue weighted by Gasteiger charge is 2.08. The second-order valence-electron chi connectivity index (χ2n) is 5.06. The van der Waals surface area contributed by atoms with Crippen LogP contribution in [0.3, 0.4) is 0 Å². The van der Waals surface area contributed by atoms with E-state index in [2.05, 4.69) is 31.1 Å². The Morgan fingerprint density at radius 3 is 1.83 bits per heavy atom. The third kappa shape index (κ3) is 5.28. The molecule has 0 saturated heterocycles. The Bertz CT molecular complexity index is 426. The minimum Gasteiger partial charge on any atom is -0.494 e. The molecule has 2 nitrogen and oxygen atoms in total. The fourth-order valence-electron chi connectivity index (χ4n) is 1.40. The molecular weight excluding hydrogens is 240 g/mol. The van der Waals surface area contributed by atoms with Crippen LogP contribution in [-0.2, 0) is 0 Å². The molecule has 0 radical (unpaired) electrons. The van der Waals surface area contributed by atoms with E-state index in [-0.39, 0.29) is 0 Å². The number of benzene rings is 1. The molecule has 0 aliphatic heterocycles. The summed E-state index contributed by atoms with van der Waals surface area (Å²) in [6.07, 6.45) is 0. The maximum absolute atomic E-state index is 5.53. The van der Waals surface area contributed by atoms with Crippen molar-refractivity contribution in [1.82, 2.24) is 0 Å². The highest BCUT2D eigenvalue weighted by atomic mass is 28.3. The molecule has 0 atom stereocenters. The Morgan fingerprint density at radius 2 is 1.44 bits per heavy atom. The van der Waals surface area contributed by atoms with Gasteiger partial charge in [0, 0.05) is 11.6 Å². The van der Waals surface area contributed by atoms with Crippen molar-refractivity contribution in [1.29, 1.82) is 0 Å². The fourth-order valence-corrected chi connectivity index (χ4v) is 1.92. The lowest BCUT2D eigenvalue weighted by molar-refractivity contribution is 0.323. The Labute approximate surface area is 111 Å². The Morgan fingerprint density at radius 1 is 0.944 bits per heavy atom. The van der Waals surface area contributed by atoms with Crippen LogP contribution in [0.1, 0.15) is 19.4 Å². The van der Waals surface area contributed by atoms with E-state index in [0.717, 1.165) is 17.1 Å². The lowest BCUT2D eigenvalue weighted by Gasteiger charge is -2.09. The van der Waals surface area contributed by atoms with Gasteiger partial charge in [-0.05, 0) is 26.0 Å². The van der Waals surface area contributed by atoms with Crippen LogP contribution in [0.5, 0.6) is 11.5 Å². The number of hydrogen-bond donors (Lipinski definition) is 0. The van der Waals surface area contributed by atoms with E-state index in [4.69, 9.17) is 9.47 Å². The van der Waals surface area contributed by atoms with E-state index in [9.17, 15) is 0 Å². The van der Waals surface area contributed by atoms with Gasteiger partial charge in [-0.2, -0.15) is 0 Å². The predicted octanol–water partition coefficient (Wildman–Crippen LogP) is 3.71. The molecule has 0 fully saturated rings. The smallest absolute Gasteiger partial charge is 0.129 e. The Balaban J connectivity index is 3.05. The zero-order valence-electron chi connectivity index (χ0n) is 12.0. The first-order valence-electron chi connectivity index (χ1n) is 6.38. The van der Waals surface area contributed by atoms with E-state index in [1.54, 1.807) is 0 Å². The van der Waals surface area contributed by atoms with Crippen molar-refractivity contribution in [2.45, 2.75) is 33.5 Å². The quantitative estimate of drug-likeness (QED) is 0.608. The van der Waals surface area contributed by atoms with Crippen molar-refractivity contribution in [2.75, 3.05) is 13.2 Å². The summed E-state index contributed by atoms with van der Waals surface area (Å²) in [6, 6.07) is 5.85. The largest absolute Gasteiger partial charge is 0.494 e. The normalized spacial score (nSPS) is 10.5. The van der Waals surface area contributed by atoms with E-state index in [1.807, 2.05) is 32.0 Å². The van der Waals surface area contributed by atoms with Crippen LogP contribution >= 0.6 is 0 Å². The standard InChI is InChI=1S/C15H22O2Si/c1-6-16-14-10-13(8-9-18(3,4)5)11-15(12-14)17-7-2/h10-12H,6-7H2,1-5H3. The Hall–Kier alpha value is -1.40. The highest BCUT2D eigenvalue weighted by Crippen LogP contribution is 2.22. The molecular formula is C15H22O2Si. The molecule has 0 N–H and O–H groups in total. The Kier molecular flexibility index (Phi) is 5.30. The van der Waals surface area contributed by atoms with Crippen LogP contribution in [-0.4, -0.2) is 21.3 Å². The SMILES string of the molecule is CCOc1cc(C#C[Si](C)(C)C)cc(OCC)c1. The van der Waals surface area contributed by atoms with Crippen LogP contribution in [0.2, 0.25) is 19.6 Å². The first-order chi connectivity index (χ1) is 8.44. The third-order valence-corrected chi connectivity index (χ3v) is 2.96. The van der Waals surface area contributed by atoms with Crippen molar-refractivity contribution in [3.05, 3.63) is 23.8 Å². The van der Waals surface area contributed by atoms with Gasteiger partial charge in [-0.15, -0.1) is 5.54 Å². The van der Waals surface area contributed by atoms with Gasteiger partial charge < -0.3 is 9.47 Å². The summed E-state index contributed by atoms with van der Waals surface area (Å²) in [5, 5.41) is 0. The van der Waals surface area contributed by atoms with E-state index in [0.29, 0.717) is 13.2 Å². The van der Waals surface area contributed by atoms with Gasteiger partial charge in [0.25, 0.3) is 0 Å². The van der Waals surface area contributed by atoms with Crippen LogP contribution in [0.4, 0.5) is 0 Å². The molecule has 0 aliphatic rings. The van der Waals surface area contributed by atoms with Gasteiger partial charge in [-0.3, -0.25) is 0 Å². The average molecular weight is 262 g/mol. The van der Waals surface area contributed by atoms with Crippen LogP contribution in [0.25, 0.3) is 0 Å². The zero-order chi connectivity index (χ0) is 13.6. The van der Waals surface area contributed by atoms with Crippen molar-refractivity contribution < 1.29 is 9.47 Å². The van der Waals surface area contributed by atoms with E-state index in [1.165, 1.54) is 0 Å². The molecule has 1 aromatic rings. The molecule has 0 bridgehead atoms. The third-order valence-electron chi connectivity index (χ3n) is 2.08. The maximum atomic E-state index is 5.53. The number of rotatable bonds is 4. The monoisotopic (exact) mass is 262 g/mol. The molecule has 3 heteroatoms. The van der Waals surface area contributed by atoms with E-state index >= 15 is 0 Å². The summed E-state index contributed by atoms with van der Waals surface area (Å²) in [7, 11) is -1.35. The molecule has 1 aromatic carbocycles. The maximum Gasteiger partial charge on any atom is 0.129 e. The molecule has 0 aromatic heterocycles. The molecule has 18 heavy (non-hydrogen) atoms. The van der Waals surface area contributed by atoms with Gasteiger partial charge in [-0.25, -0.2) is 0 Å². The molecule has 0 spiro atoms. The van der Waals surface area contributed by atoms with Gasteiger partial charge in [0.1, 0.15) is 19.6 Å². The van der Waals surface area contributed by atoms with Crippen molar-refractivity contribution in [2.24, 2.45) is 0 Å². The first-order valence-corrected chi connectivity index (χ1v) is 9.88. The van der Waals surface area contributed by atoms with Crippen LogP contribution in [0, 0.1) is 11.5 Å². The minimum absolute atomic E-state index is 0.649. The molecule has 0 heterocycles. The summed E-state index contributed by atoms with van der Waals surface area (Å²) >= 11 is 0. The summed E-state index contributed by atoms with van der Waals surface area (Å²) in [6.45, 7) is 11.9. The molecule has 0 saturated carbocycles. The van der Waals surface area contributed by atoms with Gasteiger partial charge >= 0.3 is 0 Å². The van der Waals surface area contributed by atoms with E-state index < -0.39 is 8.07 Å². The van der Waals surface area contributed by atoms with Crippen molar-refractivity contribution >= 4 is 8.07 Å². The van der Waals surface area contributed by atoms with Crippen LogP contribution < -0.4 is 9.47 Å². The fraction of sp³-hybridized carbons (Fsp3) is 0.467. The minimum atomic E-state index is -1.35. The van der Waals surface area contributed by atoms with Gasteiger partial charge in [0.05, 0.1) is 13.2 Å². The van der Waals surface area contributed by atoms with Gasteiger partial charge in [-0.1, -0.05) is 25.6 Å². The summed E-state index contributed by atoms with van der Waals surface area (Å²) in [5.74, 6) is 4.88. The number of ether oxygens (including phenoxy) is 2. The summed E-state index contributed by atoms with van der Waals surface area (Å²) in [4.78, 5) is 0. The average Bonchev–Trinajstić information content (AvgIpc) is 2.26. The molecule has 0 unspecified atom stereocenters. The lowest BCUT2D eigenvalue weighted by Crippen LogP contribution is -2.16. The molecule has 98 valence electrons. The predicted molar refractivity (Wildman–Crippen MR) is 79.0 cm³/mol. The van der Waals surface area contributed by atoms with Gasteiger partial charge in [0.15, 0.2) is 0 Å². The molecule has 0 aliphatic carbocycles. The second kappa shape index (κ2) is 6.51. The lowest BCUT2D eigenvalue weighted by atomic mass is 10.2. The summed E-state index contributed by atoms with van der Waals surface area (Å²) < 4.78 is 11.1. The van der Waals surface area contributed by atoms with Crippen molar-refractivity contribution in [3.63, 3.8) is 0 Å². The molecule has 0 amide bonds. The second-order valence-corrected chi connectivity index (χ2v) is 9.81.